The number of aliphatic hydroxyl groups excluding tert-OH is 1. The van der Waals surface area contributed by atoms with Crippen LogP contribution >= 0.6 is 0 Å². The van der Waals surface area contributed by atoms with Crippen molar-refractivity contribution in [2.45, 2.75) is 51.6 Å². The monoisotopic (exact) mass is 168 g/mol. The third-order valence-electron chi connectivity index (χ3n) is 2.47. The molecule has 0 aromatic rings. The zero-order valence-corrected chi connectivity index (χ0v) is 8.00. The van der Waals surface area contributed by atoms with Crippen LogP contribution < -0.4 is 0 Å². The van der Waals surface area contributed by atoms with E-state index < -0.39 is 0 Å². The number of aliphatic hydroxyl groups is 1. The second-order valence-corrected chi connectivity index (χ2v) is 3.82. The summed E-state index contributed by atoms with van der Waals surface area (Å²) in [5.41, 5.74) is 0. The second kappa shape index (κ2) is 5.36. The van der Waals surface area contributed by atoms with E-state index in [1.165, 1.54) is 32.1 Å². The minimum atomic E-state index is -0.200. The predicted octanol–water partition coefficient (Wildman–Crippen LogP) is 2.89. The van der Waals surface area contributed by atoms with Crippen LogP contribution in [0.5, 0.6) is 0 Å². The first-order valence-electron chi connectivity index (χ1n) is 5.14. The Morgan fingerprint density at radius 2 is 2.17 bits per heavy atom. The van der Waals surface area contributed by atoms with Crippen molar-refractivity contribution in [3.05, 3.63) is 12.2 Å². The summed E-state index contributed by atoms with van der Waals surface area (Å²) in [6.45, 7) is 1.95. The highest BCUT2D eigenvalue weighted by atomic mass is 16.3. The molecule has 1 aliphatic rings. The van der Waals surface area contributed by atoms with E-state index >= 15 is 0 Å². The summed E-state index contributed by atoms with van der Waals surface area (Å²) in [6, 6.07) is 0. The summed E-state index contributed by atoms with van der Waals surface area (Å²) < 4.78 is 0. The van der Waals surface area contributed by atoms with E-state index in [1.54, 1.807) is 0 Å². The topological polar surface area (TPSA) is 20.2 Å². The van der Waals surface area contributed by atoms with Crippen LogP contribution in [0.1, 0.15) is 45.4 Å². The van der Waals surface area contributed by atoms with E-state index in [9.17, 15) is 5.11 Å². The third-order valence-corrected chi connectivity index (χ3v) is 2.47. The lowest BCUT2D eigenvalue weighted by molar-refractivity contribution is 0.207. The summed E-state index contributed by atoms with van der Waals surface area (Å²) in [7, 11) is 0. The maximum absolute atomic E-state index is 9.34. The van der Waals surface area contributed by atoms with Crippen LogP contribution in [0.4, 0.5) is 0 Å². The van der Waals surface area contributed by atoms with E-state index in [4.69, 9.17) is 0 Å². The maximum atomic E-state index is 9.34. The van der Waals surface area contributed by atoms with Crippen molar-refractivity contribution in [3.63, 3.8) is 0 Å². The minimum absolute atomic E-state index is 0.200. The summed E-state index contributed by atoms with van der Waals surface area (Å²) in [4.78, 5) is 0. The highest BCUT2D eigenvalue weighted by Gasteiger charge is 2.19. The number of hydrogen-bond acceptors (Lipinski definition) is 1. The number of unbranched alkanes of at least 4 members (excludes halogenated alkanes) is 1. The summed E-state index contributed by atoms with van der Waals surface area (Å²) >= 11 is 0. The molecule has 0 spiro atoms. The molecular weight excluding hydrogens is 148 g/mol. The molecule has 0 saturated heterocycles. The fourth-order valence-corrected chi connectivity index (χ4v) is 1.51. The van der Waals surface area contributed by atoms with Crippen molar-refractivity contribution in [1.82, 2.24) is 0 Å². The van der Waals surface area contributed by atoms with Gasteiger partial charge in [0.1, 0.15) is 0 Å². The first-order valence-corrected chi connectivity index (χ1v) is 5.14. The Hall–Kier alpha value is -0.300. The molecule has 1 rings (SSSR count). The van der Waals surface area contributed by atoms with Gasteiger partial charge in [0.15, 0.2) is 0 Å². The molecule has 0 aliphatic heterocycles. The van der Waals surface area contributed by atoms with E-state index in [2.05, 4.69) is 0 Å². The summed E-state index contributed by atoms with van der Waals surface area (Å²) in [6.07, 6.45) is 11.3. The lowest BCUT2D eigenvalue weighted by Crippen LogP contribution is -2.01. The van der Waals surface area contributed by atoms with Crippen LogP contribution in [0, 0.1) is 5.92 Å². The van der Waals surface area contributed by atoms with Gasteiger partial charge in [-0.3, -0.25) is 0 Å². The van der Waals surface area contributed by atoms with Gasteiger partial charge in [-0.15, -0.1) is 0 Å². The average Bonchev–Trinajstić information content (AvgIpc) is 2.82. The lowest BCUT2D eigenvalue weighted by Gasteiger charge is -2.03. The van der Waals surface area contributed by atoms with Crippen LogP contribution in [0.3, 0.4) is 0 Å². The van der Waals surface area contributed by atoms with E-state index in [-0.39, 0.29) is 6.10 Å². The fourth-order valence-electron chi connectivity index (χ4n) is 1.51. The highest BCUT2D eigenvalue weighted by molar-refractivity contribution is 4.85. The normalized spacial score (nSPS) is 20.2. The first kappa shape index (κ1) is 9.79. The van der Waals surface area contributed by atoms with Crippen molar-refractivity contribution in [3.8, 4) is 0 Å². The van der Waals surface area contributed by atoms with Crippen molar-refractivity contribution < 1.29 is 5.11 Å². The Kier molecular flexibility index (Phi) is 4.37. The van der Waals surface area contributed by atoms with Crippen LogP contribution in [0.15, 0.2) is 12.2 Å². The highest BCUT2D eigenvalue weighted by Crippen LogP contribution is 2.34. The maximum Gasteiger partial charge on any atom is 0.0720 e. The average molecular weight is 168 g/mol. The van der Waals surface area contributed by atoms with Gasteiger partial charge >= 0.3 is 0 Å². The molecule has 0 aromatic carbocycles. The molecule has 0 unspecified atom stereocenters. The van der Waals surface area contributed by atoms with Crippen LogP contribution in [-0.2, 0) is 0 Å². The molecule has 0 amide bonds. The Morgan fingerprint density at radius 3 is 2.75 bits per heavy atom. The Morgan fingerprint density at radius 1 is 1.42 bits per heavy atom. The summed E-state index contributed by atoms with van der Waals surface area (Å²) in [5.74, 6) is 1.05. The molecule has 0 aromatic heterocycles. The van der Waals surface area contributed by atoms with Crippen molar-refractivity contribution in [1.29, 1.82) is 0 Å². The number of hydrogen-bond donors (Lipinski definition) is 1. The van der Waals surface area contributed by atoms with Crippen molar-refractivity contribution in [2.24, 2.45) is 5.92 Å². The van der Waals surface area contributed by atoms with Gasteiger partial charge < -0.3 is 5.11 Å². The minimum Gasteiger partial charge on any atom is -0.389 e. The van der Waals surface area contributed by atoms with Gasteiger partial charge in [0.05, 0.1) is 6.10 Å². The molecule has 1 atom stereocenters. The Bertz CT molecular complexity index is 136. The molecule has 0 radical (unpaired) electrons. The smallest absolute Gasteiger partial charge is 0.0720 e. The molecule has 1 N–H and O–H groups in total. The molecule has 1 nitrogen and oxygen atoms in total. The molecule has 1 aliphatic carbocycles. The SMILES string of the molecule is CC=C[C@@H](O)CCCCC1CC1. The number of allylic oxidation sites excluding steroid dienone is 1. The zero-order chi connectivity index (χ0) is 8.81. The van der Waals surface area contributed by atoms with Gasteiger partial charge in [-0.25, -0.2) is 0 Å². The molecule has 1 fully saturated rings. The predicted molar refractivity (Wildman–Crippen MR) is 52.0 cm³/mol. The quantitative estimate of drug-likeness (QED) is 0.477. The van der Waals surface area contributed by atoms with Gasteiger partial charge in [-0.05, 0) is 19.3 Å². The Labute approximate surface area is 75.5 Å². The van der Waals surface area contributed by atoms with Crippen molar-refractivity contribution in [2.75, 3.05) is 0 Å². The Balaban J connectivity index is 1.86. The van der Waals surface area contributed by atoms with E-state index in [1.807, 2.05) is 19.1 Å². The molecule has 1 saturated carbocycles. The van der Waals surface area contributed by atoms with Gasteiger partial charge in [0.25, 0.3) is 0 Å². The van der Waals surface area contributed by atoms with Crippen molar-refractivity contribution >= 4 is 0 Å². The van der Waals surface area contributed by atoms with Gasteiger partial charge in [-0.2, -0.15) is 0 Å². The lowest BCUT2D eigenvalue weighted by atomic mass is 10.1. The van der Waals surface area contributed by atoms with E-state index in [0.717, 1.165) is 12.3 Å². The molecule has 0 bridgehead atoms. The van der Waals surface area contributed by atoms with Gasteiger partial charge in [0, 0.05) is 0 Å². The zero-order valence-electron chi connectivity index (χ0n) is 8.00. The molecular formula is C11H20O. The van der Waals surface area contributed by atoms with E-state index in [0.29, 0.717) is 0 Å². The molecule has 0 heterocycles. The summed E-state index contributed by atoms with van der Waals surface area (Å²) in [5, 5.41) is 9.34. The molecule has 12 heavy (non-hydrogen) atoms. The van der Waals surface area contributed by atoms with Gasteiger partial charge in [-0.1, -0.05) is 44.3 Å². The standard InChI is InChI=1S/C11H20O/c1-2-5-11(12)7-4-3-6-10-8-9-10/h2,5,10-12H,3-4,6-9H2,1H3/t11-/m1/s1. The van der Waals surface area contributed by atoms with Crippen LogP contribution in [0.2, 0.25) is 0 Å². The van der Waals surface area contributed by atoms with Crippen LogP contribution in [0.25, 0.3) is 0 Å². The first-order chi connectivity index (χ1) is 5.83. The largest absolute Gasteiger partial charge is 0.389 e. The third kappa shape index (κ3) is 4.55. The molecule has 70 valence electrons. The fraction of sp³-hybridized carbons (Fsp3) is 0.818. The van der Waals surface area contributed by atoms with Crippen LogP contribution in [-0.4, -0.2) is 11.2 Å². The second-order valence-electron chi connectivity index (χ2n) is 3.82. The van der Waals surface area contributed by atoms with Gasteiger partial charge in [0.2, 0.25) is 0 Å². The number of rotatable bonds is 6. The molecule has 1 heteroatoms.